The Hall–Kier alpha value is -1.08. The number of alkyl carbamates (subject to hydrolysis) is 1. The summed E-state index contributed by atoms with van der Waals surface area (Å²) >= 11 is 0. The third-order valence-corrected chi connectivity index (χ3v) is 2.43. The highest BCUT2D eigenvalue weighted by Gasteiger charge is 2.58. The first-order valence-electron chi connectivity index (χ1n) is 6.15. The minimum absolute atomic E-state index is 0.369. The van der Waals surface area contributed by atoms with Crippen LogP contribution in [0.3, 0.4) is 0 Å². The van der Waals surface area contributed by atoms with Gasteiger partial charge in [-0.25, -0.2) is 4.79 Å². The van der Waals surface area contributed by atoms with E-state index in [2.05, 4.69) is 10.1 Å². The second-order valence-corrected chi connectivity index (χ2v) is 5.01. The lowest BCUT2D eigenvalue weighted by Crippen LogP contribution is -2.45. The van der Waals surface area contributed by atoms with E-state index in [1.807, 2.05) is 13.8 Å². The van der Waals surface area contributed by atoms with Crippen LogP contribution in [0.2, 0.25) is 0 Å². The summed E-state index contributed by atoms with van der Waals surface area (Å²) in [5, 5.41) is 2.18. The van der Waals surface area contributed by atoms with E-state index in [-0.39, 0.29) is 5.41 Å². The second-order valence-electron chi connectivity index (χ2n) is 5.01. The molecule has 0 aromatic heterocycles. The first-order valence-corrected chi connectivity index (χ1v) is 6.15. The molecule has 0 spiro atoms. The fraction of sp³-hybridized carbons (Fsp3) is 0.917. The first-order chi connectivity index (χ1) is 8.77. The Bertz CT molecular complexity index is 297. The number of halogens is 5. The van der Waals surface area contributed by atoms with Gasteiger partial charge in [-0.15, -0.1) is 0 Å². The lowest BCUT2D eigenvalue weighted by molar-refractivity contribution is -0.292. The maximum atomic E-state index is 12.4. The molecule has 0 saturated carbocycles. The molecule has 0 aliphatic heterocycles. The normalized spacial score (nSPS) is 13.9. The average Bonchev–Trinajstić information content (AvgIpc) is 2.26. The molecule has 8 heteroatoms. The molecule has 0 radical (unpaired) electrons. The van der Waals surface area contributed by atoms with Crippen LogP contribution < -0.4 is 5.32 Å². The maximum absolute atomic E-state index is 12.4. The summed E-state index contributed by atoms with van der Waals surface area (Å²) in [6.07, 6.45) is -7.04. The van der Waals surface area contributed by atoms with Crippen molar-refractivity contribution in [3.63, 3.8) is 0 Å². The standard InChI is InChI=1S/C10H16F5NO2.C2H6/c1-6(8(2,3)4)16-7(17)18-5-9(11,12)10(13,14)15;1-2/h6H,5H2,1-4H3,(H,16,17);1-2H3. The van der Waals surface area contributed by atoms with E-state index in [0.717, 1.165) is 0 Å². The Morgan fingerprint density at radius 2 is 1.50 bits per heavy atom. The molecular formula is C12H22F5NO2. The van der Waals surface area contributed by atoms with Crippen LogP contribution in [0.5, 0.6) is 0 Å². The Morgan fingerprint density at radius 1 is 1.10 bits per heavy atom. The Balaban J connectivity index is 0. The SMILES string of the molecule is CC.CC(NC(=O)OCC(F)(F)C(F)(F)F)C(C)(C)C. The molecule has 0 heterocycles. The van der Waals surface area contributed by atoms with Gasteiger partial charge in [-0.2, -0.15) is 22.0 Å². The summed E-state index contributed by atoms with van der Waals surface area (Å²) in [4.78, 5) is 11.0. The van der Waals surface area contributed by atoms with Crippen molar-refractivity contribution in [1.29, 1.82) is 0 Å². The third kappa shape index (κ3) is 7.49. The largest absolute Gasteiger partial charge is 0.456 e. The molecular weight excluding hydrogens is 285 g/mol. The highest BCUT2D eigenvalue weighted by Crippen LogP contribution is 2.35. The van der Waals surface area contributed by atoms with Gasteiger partial charge in [0.2, 0.25) is 0 Å². The zero-order valence-corrected chi connectivity index (χ0v) is 12.5. The molecule has 1 unspecified atom stereocenters. The van der Waals surface area contributed by atoms with E-state index in [0.29, 0.717) is 0 Å². The van der Waals surface area contributed by atoms with Gasteiger partial charge in [-0.1, -0.05) is 34.6 Å². The molecule has 3 nitrogen and oxygen atoms in total. The van der Waals surface area contributed by atoms with Gasteiger partial charge in [0.05, 0.1) is 0 Å². The van der Waals surface area contributed by atoms with Crippen molar-refractivity contribution in [2.24, 2.45) is 5.41 Å². The zero-order chi connectivity index (χ0) is 16.8. The Kier molecular flexibility index (Phi) is 8.10. The summed E-state index contributed by atoms with van der Waals surface area (Å²) in [6, 6.07) is -0.440. The minimum Gasteiger partial charge on any atom is -0.443 e. The molecule has 1 atom stereocenters. The van der Waals surface area contributed by atoms with E-state index in [4.69, 9.17) is 0 Å². The van der Waals surface area contributed by atoms with Gasteiger partial charge in [0.15, 0.2) is 6.61 Å². The van der Waals surface area contributed by atoms with Crippen LogP contribution in [0.4, 0.5) is 26.7 Å². The smallest absolute Gasteiger partial charge is 0.443 e. The fourth-order valence-corrected chi connectivity index (χ4v) is 0.673. The highest BCUT2D eigenvalue weighted by atomic mass is 19.4. The number of hydrogen-bond acceptors (Lipinski definition) is 2. The molecule has 1 amide bonds. The third-order valence-electron chi connectivity index (χ3n) is 2.43. The predicted octanol–water partition coefficient (Wildman–Crippen LogP) is 4.37. The monoisotopic (exact) mass is 307 g/mol. The molecule has 122 valence electrons. The van der Waals surface area contributed by atoms with Crippen molar-refractivity contribution in [2.45, 2.75) is 59.7 Å². The van der Waals surface area contributed by atoms with Crippen LogP contribution in [0.25, 0.3) is 0 Å². The first kappa shape index (κ1) is 21.2. The maximum Gasteiger partial charge on any atom is 0.456 e. The summed E-state index contributed by atoms with van der Waals surface area (Å²) in [5.41, 5.74) is -0.369. The van der Waals surface area contributed by atoms with Crippen molar-refractivity contribution >= 4 is 6.09 Å². The van der Waals surface area contributed by atoms with E-state index in [1.165, 1.54) is 0 Å². The lowest BCUT2D eigenvalue weighted by Gasteiger charge is -2.28. The van der Waals surface area contributed by atoms with Crippen molar-refractivity contribution in [1.82, 2.24) is 5.32 Å². The van der Waals surface area contributed by atoms with Crippen molar-refractivity contribution in [3.05, 3.63) is 0 Å². The van der Waals surface area contributed by atoms with E-state index >= 15 is 0 Å². The topological polar surface area (TPSA) is 38.3 Å². The van der Waals surface area contributed by atoms with E-state index in [9.17, 15) is 26.7 Å². The molecule has 20 heavy (non-hydrogen) atoms. The Morgan fingerprint density at radius 3 is 1.80 bits per heavy atom. The van der Waals surface area contributed by atoms with Crippen LogP contribution in [-0.2, 0) is 4.74 Å². The molecule has 0 bridgehead atoms. The summed E-state index contributed by atoms with van der Waals surface area (Å²) in [5.74, 6) is -5.05. The number of amides is 1. The van der Waals surface area contributed by atoms with Crippen LogP contribution in [0.15, 0.2) is 0 Å². The lowest BCUT2D eigenvalue weighted by atomic mass is 9.88. The van der Waals surface area contributed by atoms with Crippen molar-refractivity contribution in [2.75, 3.05) is 6.61 Å². The molecule has 0 aliphatic rings. The van der Waals surface area contributed by atoms with Crippen molar-refractivity contribution < 1.29 is 31.5 Å². The van der Waals surface area contributed by atoms with Gasteiger partial charge in [0, 0.05) is 6.04 Å². The van der Waals surface area contributed by atoms with Crippen LogP contribution in [0, 0.1) is 5.41 Å². The predicted molar refractivity (Wildman–Crippen MR) is 65.8 cm³/mol. The van der Waals surface area contributed by atoms with Crippen LogP contribution >= 0.6 is 0 Å². The van der Waals surface area contributed by atoms with Crippen LogP contribution in [-0.4, -0.2) is 30.8 Å². The van der Waals surface area contributed by atoms with Gasteiger partial charge < -0.3 is 10.1 Å². The fourth-order valence-electron chi connectivity index (χ4n) is 0.673. The molecule has 0 saturated heterocycles. The van der Waals surface area contributed by atoms with Crippen molar-refractivity contribution in [3.8, 4) is 0 Å². The highest BCUT2D eigenvalue weighted by molar-refractivity contribution is 5.67. The summed E-state index contributed by atoms with van der Waals surface area (Å²) in [6.45, 7) is 8.86. The second kappa shape index (κ2) is 7.64. The molecule has 0 fully saturated rings. The number of nitrogens with one attached hydrogen (secondary N) is 1. The number of carbonyl (C=O) groups is 1. The number of rotatable bonds is 3. The molecule has 0 aliphatic carbocycles. The molecule has 0 rings (SSSR count). The minimum atomic E-state index is -5.73. The average molecular weight is 307 g/mol. The molecule has 0 aromatic carbocycles. The van der Waals surface area contributed by atoms with Gasteiger partial charge in [0.1, 0.15) is 0 Å². The number of alkyl halides is 5. The number of hydrogen-bond donors (Lipinski definition) is 1. The molecule has 0 aromatic rings. The number of ether oxygens (including phenoxy) is 1. The zero-order valence-electron chi connectivity index (χ0n) is 12.5. The molecule has 1 N–H and O–H groups in total. The van der Waals surface area contributed by atoms with Crippen LogP contribution in [0.1, 0.15) is 41.5 Å². The van der Waals surface area contributed by atoms with Gasteiger partial charge in [-0.05, 0) is 12.3 Å². The summed E-state index contributed by atoms with van der Waals surface area (Å²) in [7, 11) is 0. The van der Waals surface area contributed by atoms with E-state index in [1.54, 1.807) is 27.7 Å². The Labute approximate surface area is 115 Å². The summed E-state index contributed by atoms with van der Waals surface area (Å²) < 4.78 is 64.1. The van der Waals surface area contributed by atoms with Gasteiger partial charge in [-0.3, -0.25) is 0 Å². The van der Waals surface area contributed by atoms with Gasteiger partial charge in [0.25, 0.3) is 0 Å². The quantitative estimate of drug-likeness (QED) is 0.786. The number of carbonyl (C=O) groups excluding carboxylic acids is 1. The van der Waals surface area contributed by atoms with E-state index < -0.39 is 30.8 Å². The van der Waals surface area contributed by atoms with Gasteiger partial charge >= 0.3 is 18.2 Å².